The molecule has 6 nitrogen and oxygen atoms in total. The minimum absolute atomic E-state index is 0.190. The van der Waals surface area contributed by atoms with Gasteiger partial charge in [-0.3, -0.25) is 4.79 Å². The number of ether oxygens (including phenoxy) is 1. The van der Waals surface area contributed by atoms with Gasteiger partial charge in [-0.1, -0.05) is 13.3 Å². The minimum Gasteiger partial charge on any atom is -0.480 e. The Hall–Kier alpha value is -1.14. The number of hydrogen-bond donors (Lipinski definition) is 3. The number of hydrogen-bond acceptors (Lipinski definition) is 4. The van der Waals surface area contributed by atoms with Crippen LogP contribution in [0.1, 0.15) is 45.4 Å². The smallest absolute Gasteiger partial charge is 0.329 e. The summed E-state index contributed by atoms with van der Waals surface area (Å²) >= 11 is 0. The summed E-state index contributed by atoms with van der Waals surface area (Å²) in [5, 5.41) is 12.1. The largest absolute Gasteiger partial charge is 0.480 e. The van der Waals surface area contributed by atoms with E-state index in [1.165, 1.54) is 0 Å². The molecular weight excluding hydrogens is 260 g/mol. The lowest BCUT2D eigenvalue weighted by molar-refractivity contribution is -0.152. The quantitative estimate of drug-likeness (QED) is 0.615. The number of aliphatic carboxylic acids is 1. The van der Waals surface area contributed by atoms with Crippen molar-refractivity contribution in [1.82, 2.24) is 5.32 Å². The molecule has 116 valence electrons. The van der Waals surface area contributed by atoms with Crippen LogP contribution in [-0.4, -0.2) is 42.3 Å². The monoisotopic (exact) mass is 286 g/mol. The van der Waals surface area contributed by atoms with Gasteiger partial charge in [0.25, 0.3) is 0 Å². The Kier molecular flexibility index (Phi) is 6.95. The van der Waals surface area contributed by atoms with Gasteiger partial charge in [0.15, 0.2) is 0 Å². The van der Waals surface area contributed by atoms with Crippen molar-refractivity contribution in [2.45, 2.75) is 51.0 Å². The van der Waals surface area contributed by atoms with E-state index in [9.17, 15) is 14.7 Å². The summed E-state index contributed by atoms with van der Waals surface area (Å²) < 4.78 is 5.18. The highest BCUT2D eigenvalue weighted by Crippen LogP contribution is 2.22. The molecule has 1 saturated heterocycles. The summed E-state index contributed by atoms with van der Waals surface area (Å²) in [5.41, 5.74) is 4.38. The molecule has 1 fully saturated rings. The maximum atomic E-state index is 12.0. The highest BCUT2D eigenvalue weighted by Gasteiger charge is 2.41. The fourth-order valence-electron chi connectivity index (χ4n) is 2.57. The third-order valence-corrected chi connectivity index (χ3v) is 4.07. The van der Waals surface area contributed by atoms with Crippen molar-refractivity contribution in [2.24, 2.45) is 11.7 Å². The molecular formula is C14H26N2O4. The lowest BCUT2D eigenvalue weighted by Gasteiger charge is -2.34. The predicted octanol–water partition coefficient (Wildman–Crippen LogP) is 0.892. The zero-order chi connectivity index (χ0) is 15.0. The van der Waals surface area contributed by atoms with Gasteiger partial charge >= 0.3 is 5.97 Å². The van der Waals surface area contributed by atoms with Crippen molar-refractivity contribution < 1.29 is 19.4 Å². The zero-order valence-electron chi connectivity index (χ0n) is 12.2. The van der Waals surface area contributed by atoms with Crippen LogP contribution >= 0.6 is 0 Å². The molecule has 0 radical (unpaired) electrons. The molecule has 1 aliphatic heterocycles. The molecule has 1 unspecified atom stereocenters. The third-order valence-electron chi connectivity index (χ3n) is 4.07. The molecule has 0 spiro atoms. The number of nitrogens with two attached hydrogens (primary N) is 1. The van der Waals surface area contributed by atoms with Crippen LogP contribution in [0, 0.1) is 5.92 Å². The SMILES string of the molecule is CCC(CCN)CCC(=O)NC1(C(=O)O)CCOCC1. The van der Waals surface area contributed by atoms with E-state index < -0.39 is 11.5 Å². The molecule has 0 aromatic heterocycles. The van der Waals surface area contributed by atoms with E-state index >= 15 is 0 Å². The van der Waals surface area contributed by atoms with Gasteiger partial charge in [0.2, 0.25) is 5.91 Å². The molecule has 1 amide bonds. The molecule has 1 heterocycles. The Morgan fingerprint density at radius 2 is 2.00 bits per heavy atom. The fourth-order valence-corrected chi connectivity index (χ4v) is 2.57. The Bertz CT molecular complexity index is 327. The number of carbonyl (C=O) groups is 2. The Morgan fingerprint density at radius 1 is 1.35 bits per heavy atom. The second-order valence-corrected chi connectivity index (χ2v) is 5.44. The first kappa shape index (κ1) is 16.9. The summed E-state index contributed by atoms with van der Waals surface area (Å²) in [6, 6.07) is 0. The van der Waals surface area contributed by atoms with Gasteiger partial charge in [0.05, 0.1) is 0 Å². The Balaban J connectivity index is 2.48. The number of carboxylic acids is 1. The van der Waals surface area contributed by atoms with Crippen molar-refractivity contribution >= 4 is 11.9 Å². The molecule has 0 aromatic carbocycles. The summed E-state index contributed by atoms with van der Waals surface area (Å²) in [4.78, 5) is 23.4. The highest BCUT2D eigenvalue weighted by atomic mass is 16.5. The van der Waals surface area contributed by atoms with E-state index in [0.29, 0.717) is 44.9 Å². The molecule has 20 heavy (non-hydrogen) atoms. The Morgan fingerprint density at radius 3 is 2.50 bits per heavy atom. The van der Waals surface area contributed by atoms with E-state index in [1.54, 1.807) is 0 Å². The van der Waals surface area contributed by atoms with Gasteiger partial charge in [0, 0.05) is 32.5 Å². The predicted molar refractivity (Wildman–Crippen MR) is 75.2 cm³/mol. The number of carbonyl (C=O) groups excluding carboxylic acids is 1. The maximum Gasteiger partial charge on any atom is 0.329 e. The number of carboxylic acid groups (broad SMARTS) is 1. The molecule has 1 rings (SSSR count). The number of nitrogens with one attached hydrogen (secondary N) is 1. The first-order chi connectivity index (χ1) is 9.54. The standard InChI is InChI=1S/C14H26N2O4/c1-2-11(5-8-15)3-4-12(17)16-14(13(18)19)6-9-20-10-7-14/h11H,2-10,15H2,1H3,(H,16,17)(H,18,19). The van der Waals surface area contributed by atoms with Gasteiger partial charge in [-0.2, -0.15) is 0 Å². The van der Waals surface area contributed by atoms with Gasteiger partial charge < -0.3 is 20.9 Å². The first-order valence-corrected chi connectivity index (χ1v) is 7.36. The average molecular weight is 286 g/mol. The van der Waals surface area contributed by atoms with E-state index in [2.05, 4.69) is 12.2 Å². The van der Waals surface area contributed by atoms with E-state index in [-0.39, 0.29) is 5.91 Å². The van der Waals surface area contributed by atoms with Crippen LogP contribution in [0.4, 0.5) is 0 Å². The summed E-state index contributed by atoms with van der Waals surface area (Å²) in [5.74, 6) is -0.728. The van der Waals surface area contributed by atoms with Crippen LogP contribution < -0.4 is 11.1 Å². The molecule has 6 heteroatoms. The van der Waals surface area contributed by atoms with Crippen LogP contribution in [0.2, 0.25) is 0 Å². The third kappa shape index (κ3) is 4.76. The van der Waals surface area contributed by atoms with Gasteiger partial charge in [-0.15, -0.1) is 0 Å². The lowest BCUT2D eigenvalue weighted by Crippen LogP contribution is -2.57. The van der Waals surface area contributed by atoms with Crippen molar-refractivity contribution in [2.75, 3.05) is 19.8 Å². The van der Waals surface area contributed by atoms with E-state index in [0.717, 1.165) is 19.3 Å². The molecule has 1 atom stereocenters. The van der Waals surface area contributed by atoms with Crippen molar-refractivity contribution in [3.05, 3.63) is 0 Å². The molecule has 1 aliphatic rings. The summed E-state index contributed by atoms with van der Waals surface area (Å²) in [6.45, 7) is 3.45. The van der Waals surface area contributed by atoms with Crippen LogP contribution in [0.5, 0.6) is 0 Å². The van der Waals surface area contributed by atoms with Crippen molar-refractivity contribution in [3.8, 4) is 0 Å². The van der Waals surface area contributed by atoms with Crippen LogP contribution in [-0.2, 0) is 14.3 Å². The second kappa shape index (κ2) is 8.21. The van der Waals surface area contributed by atoms with E-state index in [4.69, 9.17) is 10.5 Å². The van der Waals surface area contributed by atoms with Crippen LogP contribution in [0.25, 0.3) is 0 Å². The average Bonchev–Trinajstić information content (AvgIpc) is 2.44. The molecule has 0 saturated carbocycles. The second-order valence-electron chi connectivity index (χ2n) is 5.44. The van der Waals surface area contributed by atoms with Gasteiger partial charge in [0.1, 0.15) is 5.54 Å². The first-order valence-electron chi connectivity index (χ1n) is 7.36. The van der Waals surface area contributed by atoms with Crippen LogP contribution in [0.3, 0.4) is 0 Å². The number of amides is 1. The fraction of sp³-hybridized carbons (Fsp3) is 0.857. The molecule has 4 N–H and O–H groups in total. The molecule has 0 aromatic rings. The highest BCUT2D eigenvalue weighted by molar-refractivity contribution is 5.87. The van der Waals surface area contributed by atoms with Gasteiger partial charge in [-0.25, -0.2) is 4.79 Å². The normalized spacial score (nSPS) is 19.3. The van der Waals surface area contributed by atoms with Crippen molar-refractivity contribution in [3.63, 3.8) is 0 Å². The zero-order valence-corrected chi connectivity index (χ0v) is 12.2. The number of rotatable bonds is 8. The van der Waals surface area contributed by atoms with Crippen LogP contribution in [0.15, 0.2) is 0 Å². The molecule has 0 aliphatic carbocycles. The van der Waals surface area contributed by atoms with Crippen molar-refractivity contribution in [1.29, 1.82) is 0 Å². The summed E-state index contributed by atoms with van der Waals surface area (Å²) in [7, 11) is 0. The van der Waals surface area contributed by atoms with Gasteiger partial charge in [-0.05, 0) is 25.3 Å². The maximum absolute atomic E-state index is 12.0. The van der Waals surface area contributed by atoms with E-state index in [1.807, 2.05) is 0 Å². The summed E-state index contributed by atoms with van der Waals surface area (Å²) in [6.07, 6.45) is 3.66. The topological polar surface area (TPSA) is 102 Å². The molecule has 0 bridgehead atoms. The lowest BCUT2D eigenvalue weighted by atomic mass is 9.89. The minimum atomic E-state index is -1.15. The Labute approximate surface area is 120 Å².